The molecule has 3 aromatic rings. The molecular weight excluding hydrogens is 334 g/mol. The van der Waals surface area contributed by atoms with Crippen LogP contribution in [0.4, 0.5) is 17.1 Å². The minimum absolute atomic E-state index is 0.0475. The van der Waals surface area contributed by atoms with E-state index in [9.17, 15) is 4.79 Å². The molecule has 1 aliphatic heterocycles. The van der Waals surface area contributed by atoms with E-state index in [4.69, 9.17) is 0 Å². The number of anilines is 3. The van der Waals surface area contributed by atoms with Gasteiger partial charge in [0.2, 0.25) is 5.91 Å². The Morgan fingerprint density at radius 2 is 1.59 bits per heavy atom. The zero-order valence-electron chi connectivity index (χ0n) is 15.4. The van der Waals surface area contributed by atoms with E-state index in [0.717, 1.165) is 35.2 Å². The Morgan fingerprint density at radius 1 is 0.852 bits per heavy atom. The Kier molecular flexibility index (Phi) is 5.24. The fourth-order valence-electron chi connectivity index (χ4n) is 3.67. The summed E-state index contributed by atoms with van der Waals surface area (Å²) < 4.78 is 0. The smallest absolute Gasteiger partial charge is 0.243 e. The van der Waals surface area contributed by atoms with Gasteiger partial charge in [-0.05, 0) is 55.0 Å². The van der Waals surface area contributed by atoms with E-state index >= 15 is 0 Å². The van der Waals surface area contributed by atoms with Crippen LogP contribution in [0.25, 0.3) is 10.8 Å². The van der Waals surface area contributed by atoms with E-state index in [1.54, 1.807) is 0 Å². The average molecular weight is 359 g/mol. The maximum Gasteiger partial charge on any atom is 0.243 e. The molecule has 0 radical (unpaired) electrons. The molecule has 0 unspecified atom stereocenters. The van der Waals surface area contributed by atoms with Crippen molar-refractivity contribution in [2.45, 2.75) is 19.3 Å². The number of amides is 1. The minimum atomic E-state index is -0.0475. The number of carbonyl (C=O) groups excluding carboxylic acids is 1. The molecule has 2 N–H and O–H groups in total. The number of benzene rings is 3. The van der Waals surface area contributed by atoms with Gasteiger partial charge in [0.1, 0.15) is 0 Å². The van der Waals surface area contributed by atoms with Crippen molar-refractivity contribution in [1.82, 2.24) is 0 Å². The van der Waals surface area contributed by atoms with Crippen LogP contribution in [0.5, 0.6) is 0 Å². The van der Waals surface area contributed by atoms with E-state index in [1.807, 2.05) is 36.4 Å². The number of nitrogens with zero attached hydrogens (tertiary/aromatic N) is 1. The van der Waals surface area contributed by atoms with E-state index < -0.39 is 0 Å². The van der Waals surface area contributed by atoms with Crippen LogP contribution in [0.15, 0.2) is 66.7 Å². The van der Waals surface area contributed by atoms with Crippen molar-refractivity contribution < 1.29 is 4.79 Å². The summed E-state index contributed by atoms with van der Waals surface area (Å²) in [4.78, 5) is 14.7. The fourth-order valence-corrected chi connectivity index (χ4v) is 3.67. The Morgan fingerprint density at radius 3 is 2.41 bits per heavy atom. The number of fused-ring (bicyclic) bond motifs is 1. The summed E-state index contributed by atoms with van der Waals surface area (Å²) in [6, 6.07) is 22.4. The highest BCUT2D eigenvalue weighted by Crippen LogP contribution is 2.23. The molecule has 1 fully saturated rings. The lowest BCUT2D eigenvalue weighted by molar-refractivity contribution is -0.114. The molecule has 0 atom stereocenters. The second kappa shape index (κ2) is 8.12. The van der Waals surface area contributed by atoms with Gasteiger partial charge in [-0.1, -0.05) is 36.4 Å². The van der Waals surface area contributed by atoms with Crippen molar-refractivity contribution in [3.05, 3.63) is 66.7 Å². The molecule has 4 rings (SSSR count). The van der Waals surface area contributed by atoms with Crippen LogP contribution in [-0.4, -0.2) is 25.5 Å². The molecule has 0 aromatic heterocycles. The lowest BCUT2D eigenvalue weighted by atomic mass is 10.1. The average Bonchev–Trinajstić information content (AvgIpc) is 2.73. The van der Waals surface area contributed by atoms with Gasteiger partial charge < -0.3 is 15.5 Å². The predicted octanol–water partition coefficient (Wildman–Crippen LogP) is 4.88. The molecule has 4 nitrogen and oxygen atoms in total. The van der Waals surface area contributed by atoms with Gasteiger partial charge in [-0.15, -0.1) is 0 Å². The number of nitrogens with one attached hydrogen (secondary N) is 2. The predicted molar refractivity (Wildman–Crippen MR) is 114 cm³/mol. The molecule has 1 amide bonds. The molecule has 3 aromatic carbocycles. The summed E-state index contributed by atoms with van der Waals surface area (Å²) in [6.07, 6.45) is 3.85. The molecule has 1 aliphatic rings. The van der Waals surface area contributed by atoms with Gasteiger partial charge in [-0.2, -0.15) is 0 Å². The van der Waals surface area contributed by atoms with Gasteiger partial charge >= 0.3 is 0 Å². The molecule has 0 spiro atoms. The molecular formula is C23H25N3O. The van der Waals surface area contributed by atoms with Crippen molar-refractivity contribution in [3.63, 3.8) is 0 Å². The van der Waals surface area contributed by atoms with Crippen LogP contribution in [0.2, 0.25) is 0 Å². The van der Waals surface area contributed by atoms with Crippen molar-refractivity contribution in [1.29, 1.82) is 0 Å². The lowest BCUT2D eigenvalue weighted by Crippen LogP contribution is -2.29. The third-order valence-corrected chi connectivity index (χ3v) is 5.10. The van der Waals surface area contributed by atoms with Gasteiger partial charge in [-0.3, -0.25) is 4.79 Å². The zero-order valence-corrected chi connectivity index (χ0v) is 15.4. The van der Waals surface area contributed by atoms with Crippen LogP contribution in [-0.2, 0) is 4.79 Å². The van der Waals surface area contributed by atoms with Gasteiger partial charge in [-0.25, -0.2) is 0 Å². The Bertz CT molecular complexity index is 909. The van der Waals surface area contributed by atoms with E-state index in [-0.39, 0.29) is 12.5 Å². The SMILES string of the molecule is O=C(CNc1cccc2ccccc12)Nc1ccc(N2CCCCC2)cc1. The summed E-state index contributed by atoms with van der Waals surface area (Å²) in [6.45, 7) is 2.49. The molecule has 0 bridgehead atoms. The number of hydrogen-bond acceptors (Lipinski definition) is 3. The maximum absolute atomic E-state index is 12.3. The molecule has 27 heavy (non-hydrogen) atoms. The number of rotatable bonds is 5. The number of carbonyl (C=O) groups is 1. The quantitative estimate of drug-likeness (QED) is 0.682. The van der Waals surface area contributed by atoms with Crippen LogP contribution in [0.1, 0.15) is 19.3 Å². The van der Waals surface area contributed by atoms with Crippen molar-refractivity contribution >= 4 is 33.7 Å². The summed E-state index contributed by atoms with van der Waals surface area (Å²) in [7, 11) is 0. The van der Waals surface area contributed by atoms with Crippen LogP contribution in [0.3, 0.4) is 0 Å². The first kappa shape index (κ1) is 17.4. The first-order valence-electron chi connectivity index (χ1n) is 9.66. The lowest BCUT2D eigenvalue weighted by Gasteiger charge is -2.28. The number of hydrogen-bond donors (Lipinski definition) is 2. The Hall–Kier alpha value is -3.01. The van der Waals surface area contributed by atoms with E-state index in [0.29, 0.717) is 0 Å². The number of piperidine rings is 1. The van der Waals surface area contributed by atoms with Crippen LogP contribution >= 0.6 is 0 Å². The fraction of sp³-hybridized carbons (Fsp3) is 0.261. The van der Waals surface area contributed by atoms with Gasteiger partial charge in [0.15, 0.2) is 0 Å². The van der Waals surface area contributed by atoms with Crippen molar-refractivity contribution in [2.75, 3.05) is 35.2 Å². The third-order valence-electron chi connectivity index (χ3n) is 5.10. The van der Waals surface area contributed by atoms with E-state index in [1.165, 1.54) is 24.9 Å². The zero-order chi connectivity index (χ0) is 18.5. The summed E-state index contributed by atoms with van der Waals surface area (Å²) in [5.74, 6) is -0.0475. The highest BCUT2D eigenvalue weighted by atomic mass is 16.1. The van der Waals surface area contributed by atoms with Crippen LogP contribution in [0, 0.1) is 0 Å². The van der Waals surface area contributed by atoms with Gasteiger partial charge in [0.25, 0.3) is 0 Å². The standard InChI is InChI=1S/C23H25N3O/c27-23(17-24-22-10-6-8-18-7-2-3-9-21(18)22)25-19-11-13-20(14-12-19)26-15-4-1-5-16-26/h2-3,6-14,24H,1,4-5,15-17H2,(H,25,27). The highest BCUT2D eigenvalue weighted by Gasteiger charge is 2.11. The minimum Gasteiger partial charge on any atom is -0.376 e. The summed E-state index contributed by atoms with van der Waals surface area (Å²) >= 11 is 0. The molecule has 1 heterocycles. The van der Waals surface area contributed by atoms with Gasteiger partial charge in [0, 0.05) is 35.5 Å². The first-order chi connectivity index (χ1) is 13.3. The second-order valence-corrected chi connectivity index (χ2v) is 7.02. The first-order valence-corrected chi connectivity index (χ1v) is 9.66. The normalized spacial score (nSPS) is 14.1. The third kappa shape index (κ3) is 4.22. The topological polar surface area (TPSA) is 44.4 Å². The second-order valence-electron chi connectivity index (χ2n) is 7.02. The van der Waals surface area contributed by atoms with Crippen molar-refractivity contribution in [2.24, 2.45) is 0 Å². The molecule has 0 saturated carbocycles. The summed E-state index contributed by atoms with van der Waals surface area (Å²) in [5.41, 5.74) is 3.05. The van der Waals surface area contributed by atoms with Gasteiger partial charge in [0.05, 0.1) is 6.54 Å². The summed E-state index contributed by atoms with van der Waals surface area (Å²) in [5, 5.41) is 8.51. The Balaban J connectivity index is 1.35. The Labute approximate surface area is 160 Å². The highest BCUT2D eigenvalue weighted by molar-refractivity contribution is 5.98. The molecule has 0 aliphatic carbocycles. The monoisotopic (exact) mass is 359 g/mol. The molecule has 138 valence electrons. The van der Waals surface area contributed by atoms with Crippen LogP contribution < -0.4 is 15.5 Å². The maximum atomic E-state index is 12.3. The van der Waals surface area contributed by atoms with Crippen molar-refractivity contribution in [3.8, 4) is 0 Å². The molecule has 4 heteroatoms. The molecule has 1 saturated heterocycles. The van der Waals surface area contributed by atoms with E-state index in [2.05, 4.69) is 45.9 Å². The largest absolute Gasteiger partial charge is 0.376 e.